The number of thioether (sulfide) groups is 1. The van der Waals surface area contributed by atoms with Gasteiger partial charge in [-0.15, -0.1) is 11.8 Å². The number of carboxylic acid groups (broad SMARTS) is 1. The van der Waals surface area contributed by atoms with Gasteiger partial charge >= 0.3 is 5.97 Å². The molecule has 0 radical (unpaired) electrons. The SMILES string of the molecule is Cc1c(NC(=O)C(Sc2cccc(NC(=O)c3c(Cl)c(Cl)c(Cl)c(Cl)c3C(=O)O)c2)c2ccccc2)c(=O)n(-c2ccccc2)n1C. The van der Waals surface area contributed by atoms with Crippen LogP contribution < -0.4 is 16.2 Å². The van der Waals surface area contributed by atoms with Crippen molar-refractivity contribution in [3.05, 3.63) is 138 Å². The number of aromatic carboxylic acids is 1. The van der Waals surface area contributed by atoms with Crippen molar-refractivity contribution in [2.45, 2.75) is 17.1 Å². The number of carbonyl (C=O) groups is 3. The minimum atomic E-state index is -1.52. The standard InChI is InChI=1S/C33H24Cl4N4O5S/c1-17-28(32(44)41(40(17)2)20-13-7-4-8-14-20)39-31(43)29(18-10-5-3-6-11-18)47-21-15-9-12-19(16-21)38-30(42)22-23(33(45)46)25(35)27(37)26(36)24(22)34/h3-16,29H,1-2H3,(H,38,42)(H,39,43)(H,45,46). The number of para-hydroxylation sites is 1. The third-order valence-corrected chi connectivity index (χ3v) is 10.2. The maximum absolute atomic E-state index is 13.9. The molecular formula is C33H24Cl4N4O5S. The molecule has 1 unspecified atom stereocenters. The van der Waals surface area contributed by atoms with Crippen LogP contribution in [0.2, 0.25) is 20.1 Å². The predicted molar refractivity (Wildman–Crippen MR) is 187 cm³/mol. The maximum Gasteiger partial charge on any atom is 0.338 e. The molecule has 0 saturated carbocycles. The molecule has 47 heavy (non-hydrogen) atoms. The summed E-state index contributed by atoms with van der Waals surface area (Å²) in [4.78, 5) is 53.2. The smallest absolute Gasteiger partial charge is 0.338 e. The monoisotopic (exact) mass is 728 g/mol. The molecule has 0 fully saturated rings. The zero-order chi connectivity index (χ0) is 34.0. The summed E-state index contributed by atoms with van der Waals surface area (Å²) in [6, 6.07) is 24.7. The molecule has 9 nitrogen and oxygen atoms in total. The highest BCUT2D eigenvalue weighted by Gasteiger charge is 2.30. The first-order valence-corrected chi connectivity index (χ1v) is 16.2. The second-order valence-electron chi connectivity index (χ2n) is 10.1. The Balaban J connectivity index is 1.45. The van der Waals surface area contributed by atoms with Gasteiger partial charge in [0.25, 0.3) is 11.5 Å². The normalized spacial score (nSPS) is 11.6. The van der Waals surface area contributed by atoms with Gasteiger partial charge in [-0.25, -0.2) is 9.48 Å². The summed E-state index contributed by atoms with van der Waals surface area (Å²) < 4.78 is 3.15. The van der Waals surface area contributed by atoms with E-state index in [0.29, 0.717) is 21.8 Å². The molecular weight excluding hydrogens is 706 g/mol. The number of nitrogens with one attached hydrogen (secondary N) is 2. The van der Waals surface area contributed by atoms with Gasteiger partial charge in [0, 0.05) is 17.6 Å². The fraction of sp³-hybridized carbons (Fsp3) is 0.0909. The number of amides is 2. The van der Waals surface area contributed by atoms with Crippen LogP contribution in [0, 0.1) is 6.92 Å². The first-order valence-electron chi connectivity index (χ1n) is 13.8. The molecule has 1 heterocycles. The largest absolute Gasteiger partial charge is 0.478 e. The molecule has 5 aromatic rings. The van der Waals surface area contributed by atoms with Gasteiger partial charge < -0.3 is 15.7 Å². The van der Waals surface area contributed by atoms with E-state index in [1.165, 1.54) is 16.4 Å². The van der Waals surface area contributed by atoms with Crippen molar-refractivity contribution in [2.75, 3.05) is 10.6 Å². The van der Waals surface area contributed by atoms with Crippen LogP contribution in [0.3, 0.4) is 0 Å². The molecule has 0 spiro atoms. The quantitative estimate of drug-likeness (QED) is 0.0795. The van der Waals surface area contributed by atoms with Crippen molar-refractivity contribution < 1.29 is 19.5 Å². The third kappa shape index (κ3) is 6.93. The van der Waals surface area contributed by atoms with Crippen molar-refractivity contribution in [3.8, 4) is 5.69 Å². The van der Waals surface area contributed by atoms with Gasteiger partial charge in [0.1, 0.15) is 10.9 Å². The number of nitrogens with zero attached hydrogens (tertiary/aromatic N) is 2. The Labute approximate surface area is 293 Å². The van der Waals surface area contributed by atoms with E-state index in [1.54, 1.807) is 79.3 Å². The third-order valence-electron chi connectivity index (χ3n) is 7.20. The van der Waals surface area contributed by atoms with E-state index in [0.717, 1.165) is 0 Å². The van der Waals surface area contributed by atoms with Crippen LogP contribution in [0.5, 0.6) is 0 Å². The van der Waals surface area contributed by atoms with Crippen molar-refractivity contribution in [3.63, 3.8) is 0 Å². The van der Waals surface area contributed by atoms with Crippen molar-refractivity contribution in [1.29, 1.82) is 0 Å². The fourth-order valence-corrected chi connectivity index (χ4v) is 6.93. The summed E-state index contributed by atoms with van der Waals surface area (Å²) in [5, 5.41) is 13.0. The molecule has 14 heteroatoms. The average Bonchev–Trinajstić information content (AvgIpc) is 3.27. The van der Waals surface area contributed by atoms with Crippen molar-refractivity contribution in [2.24, 2.45) is 7.05 Å². The fourth-order valence-electron chi connectivity index (χ4n) is 4.82. The number of aromatic nitrogens is 2. The van der Waals surface area contributed by atoms with Crippen LogP contribution in [-0.2, 0) is 11.8 Å². The van der Waals surface area contributed by atoms with Gasteiger partial charge in [-0.05, 0) is 42.8 Å². The van der Waals surface area contributed by atoms with Gasteiger partial charge in [0.05, 0.1) is 42.6 Å². The molecule has 5 rings (SSSR count). The van der Waals surface area contributed by atoms with Gasteiger partial charge in [-0.1, -0.05) is 101 Å². The van der Waals surface area contributed by atoms with Crippen LogP contribution in [0.15, 0.2) is 94.6 Å². The molecule has 240 valence electrons. The number of anilines is 2. The lowest BCUT2D eigenvalue weighted by atomic mass is 10.1. The van der Waals surface area contributed by atoms with E-state index in [2.05, 4.69) is 10.6 Å². The Hall–Kier alpha value is -4.19. The second-order valence-corrected chi connectivity index (χ2v) is 12.8. The van der Waals surface area contributed by atoms with E-state index < -0.39 is 39.2 Å². The van der Waals surface area contributed by atoms with Gasteiger partial charge in [-0.2, -0.15) is 0 Å². The minimum Gasteiger partial charge on any atom is -0.478 e. The van der Waals surface area contributed by atoms with Crippen LogP contribution in [0.1, 0.15) is 37.2 Å². The summed E-state index contributed by atoms with van der Waals surface area (Å²) in [6.07, 6.45) is 0. The summed E-state index contributed by atoms with van der Waals surface area (Å²) in [6.45, 7) is 1.75. The number of hydrogen-bond acceptors (Lipinski definition) is 5. The summed E-state index contributed by atoms with van der Waals surface area (Å²) in [7, 11) is 1.74. The molecule has 0 saturated heterocycles. The molecule has 0 bridgehead atoms. The zero-order valence-electron chi connectivity index (χ0n) is 24.6. The number of carboxylic acids is 1. The second kappa shape index (κ2) is 14.3. The predicted octanol–water partition coefficient (Wildman–Crippen LogP) is 8.52. The van der Waals surface area contributed by atoms with Crippen molar-refractivity contribution >= 4 is 87.3 Å². The summed E-state index contributed by atoms with van der Waals surface area (Å²) >= 11 is 25.7. The molecule has 1 aromatic heterocycles. The molecule has 1 atom stereocenters. The van der Waals surface area contributed by atoms with Crippen LogP contribution in [0.25, 0.3) is 5.69 Å². The van der Waals surface area contributed by atoms with E-state index >= 15 is 0 Å². The number of rotatable bonds is 9. The Kier molecular flexibility index (Phi) is 10.4. The molecule has 3 N–H and O–H groups in total. The minimum absolute atomic E-state index is 0.148. The molecule has 0 aliphatic carbocycles. The zero-order valence-corrected chi connectivity index (χ0v) is 28.4. The topological polar surface area (TPSA) is 122 Å². The van der Waals surface area contributed by atoms with Gasteiger partial charge in [-0.3, -0.25) is 19.1 Å². The highest BCUT2D eigenvalue weighted by Crippen LogP contribution is 2.42. The first-order chi connectivity index (χ1) is 22.4. The van der Waals surface area contributed by atoms with E-state index in [-0.39, 0.29) is 32.0 Å². The molecule has 2 amide bonds. The lowest BCUT2D eigenvalue weighted by Gasteiger charge is -2.18. The molecule has 0 aliphatic rings. The number of carbonyl (C=O) groups excluding carboxylic acids is 2. The number of halogens is 4. The molecule has 4 aromatic carbocycles. The summed E-state index contributed by atoms with van der Waals surface area (Å²) in [5.41, 5.74) is 0.862. The van der Waals surface area contributed by atoms with Gasteiger partial charge in [0.15, 0.2) is 0 Å². The maximum atomic E-state index is 13.9. The highest BCUT2D eigenvalue weighted by molar-refractivity contribution is 8.00. The lowest BCUT2D eigenvalue weighted by Crippen LogP contribution is -2.25. The van der Waals surface area contributed by atoms with Crippen LogP contribution >= 0.6 is 58.2 Å². The van der Waals surface area contributed by atoms with Gasteiger partial charge in [0.2, 0.25) is 5.91 Å². The molecule has 0 aliphatic heterocycles. The highest BCUT2D eigenvalue weighted by atomic mass is 35.5. The van der Waals surface area contributed by atoms with Crippen LogP contribution in [-0.4, -0.2) is 32.3 Å². The van der Waals surface area contributed by atoms with E-state index in [4.69, 9.17) is 46.4 Å². The average molecular weight is 730 g/mol. The number of benzene rings is 4. The Morgan fingerprint density at radius 1 is 0.787 bits per heavy atom. The Morgan fingerprint density at radius 3 is 2.00 bits per heavy atom. The first kappa shape index (κ1) is 34.2. The number of hydrogen-bond donors (Lipinski definition) is 3. The van der Waals surface area contributed by atoms with E-state index in [1.807, 2.05) is 24.3 Å². The summed E-state index contributed by atoms with van der Waals surface area (Å²) in [5.74, 6) is -2.85. The Morgan fingerprint density at radius 2 is 1.38 bits per heavy atom. The lowest BCUT2D eigenvalue weighted by molar-refractivity contribution is -0.115. The van der Waals surface area contributed by atoms with E-state index in [9.17, 15) is 24.3 Å². The Bertz CT molecular complexity index is 2080. The van der Waals surface area contributed by atoms with Crippen molar-refractivity contribution in [1.82, 2.24) is 9.36 Å². The van der Waals surface area contributed by atoms with Crippen LogP contribution in [0.4, 0.5) is 11.4 Å².